The molecule has 0 saturated carbocycles. The molecule has 1 aliphatic rings. The molecule has 2 atom stereocenters. The Bertz CT molecular complexity index is 429. The van der Waals surface area contributed by atoms with Gasteiger partial charge in [-0.3, -0.25) is 9.58 Å². The lowest BCUT2D eigenvalue weighted by Gasteiger charge is -2.38. The quantitative estimate of drug-likeness (QED) is 0.923. The normalized spacial score (nSPS) is 24.9. The van der Waals surface area contributed by atoms with E-state index >= 15 is 0 Å². The van der Waals surface area contributed by atoms with Gasteiger partial charge >= 0.3 is 0 Å². The third-order valence-electron chi connectivity index (χ3n) is 4.41. The van der Waals surface area contributed by atoms with Crippen molar-refractivity contribution in [1.29, 1.82) is 0 Å². The number of rotatable bonds is 4. The van der Waals surface area contributed by atoms with E-state index in [0.29, 0.717) is 6.04 Å². The number of nitrogens with two attached hydrogens (primary N) is 1. The molecule has 1 aromatic heterocycles. The summed E-state index contributed by atoms with van der Waals surface area (Å²) in [6.45, 7) is 6.92. The molecule has 5 heteroatoms. The van der Waals surface area contributed by atoms with Gasteiger partial charge in [-0.1, -0.05) is 24.9 Å². The van der Waals surface area contributed by atoms with Crippen LogP contribution in [0.1, 0.15) is 37.6 Å². The van der Waals surface area contributed by atoms with Crippen molar-refractivity contribution in [2.75, 3.05) is 13.1 Å². The smallest absolute Gasteiger partial charge is 0.0860 e. The van der Waals surface area contributed by atoms with Gasteiger partial charge in [0.2, 0.25) is 0 Å². The van der Waals surface area contributed by atoms with E-state index in [4.69, 9.17) is 17.3 Å². The van der Waals surface area contributed by atoms with Gasteiger partial charge in [0.25, 0.3) is 0 Å². The van der Waals surface area contributed by atoms with Gasteiger partial charge in [-0.25, -0.2) is 0 Å². The second kappa shape index (κ2) is 6.25. The third kappa shape index (κ3) is 3.12. The Balaban J connectivity index is 2.09. The Hall–Kier alpha value is -0.580. The predicted octanol–water partition coefficient (Wildman–Crippen LogP) is 2.33. The van der Waals surface area contributed by atoms with Crippen molar-refractivity contribution in [2.45, 2.75) is 45.7 Å². The Labute approximate surface area is 120 Å². The van der Waals surface area contributed by atoms with Crippen LogP contribution in [0.5, 0.6) is 0 Å². The second-order valence-electron chi connectivity index (χ2n) is 5.63. The zero-order valence-electron chi connectivity index (χ0n) is 12.2. The number of hydrogen-bond acceptors (Lipinski definition) is 3. The fourth-order valence-electron chi connectivity index (χ4n) is 3.05. The number of likely N-dealkylation sites (tertiary alicyclic amines) is 1. The summed E-state index contributed by atoms with van der Waals surface area (Å²) in [4.78, 5) is 2.47. The molecule has 0 aliphatic carbocycles. The fraction of sp³-hybridized carbons (Fsp3) is 0.786. The predicted molar refractivity (Wildman–Crippen MR) is 79.2 cm³/mol. The van der Waals surface area contributed by atoms with Gasteiger partial charge in [-0.15, -0.1) is 0 Å². The molecular weight excluding hydrogens is 260 g/mol. The van der Waals surface area contributed by atoms with E-state index in [9.17, 15) is 0 Å². The van der Waals surface area contributed by atoms with Gasteiger partial charge in [0.05, 0.1) is 16.4 Å². The Morgan fingerprint density at radius 3 is 2.74 bits per heavy atom. The summed E-state index contributed by atoms with van der Waals surface area (Å²) in [5, 5.41) is 5.19. The van der Waals surface area contributed by atoms with Gasteiger partial charge in [-0.2, -0.15) is 5.10 Å². The molecule has 0 bridgehead atoms. The molecule has 0 aromatic carbocycles. The van der Waals surface area contributed by atoms with Crippen LogP contribution >= 0.6 is 11.6 Å². The second-order valence-corrected chi connectivity index (χ2v) is 6.01. The molecule has 2 unspecified atom stereocenters. The number of aromatic nitrogens is 2. The first kappa shape index (κ1) is 14.8. The Morgan fingerprint density at radius 2 is 2.21 bits per heavy atom. The van der Waals surface area contributed by atoms with Crippen LogP contribution in [-0.4, -0.2) is 33.8 Å². The lowest BCUT2D eigenvalue weighted by Crippen LogP contribution is -2.46. The number of aryl methyl sites for hydroxylation is 2. The van der Waals surface area contributed by atoms with Crippen LogP contribution in [0.4, 0.5) is 0 Å². The monoisotopic (exact) mass is 284 g/mol. The summed E-state index contributed by atoms with van der Waals surface area (Å²) in [6.07, 6.45) is 3.73. The highest BCUT2D eigenvalue weighted by Gasteiger charge is 2.28. The average Bonchev–Trinajstić information content (AvgIpc) is 2.65. The van der Waals surface area contributed by atoms with Crippen LogP contribution in [0.25, 0.3) is 0 Å². The maximum absolute atomic E-state index is 6.34. The SMILES string of the molecule is CCC1CCN(Cc2c(Cl)c(C)nn2C)C(CN)C1. The maximum atomic E-state index is 6.34. The number of piperidine rings is 1. The van der Waals surface area contributed by atoms with E-state index in [2.05, 4.69) is 16.9 Å². The average molecular weight is 285 g/mol. The van der Waals surface area contributed by atoms with Crippen molar-refractivity contribution in [1.82, 2.24) is 14.7 Å². The fourth-order valence-corrected chi connectivity index (χ4v) is 3.27. The van der Waals surface area contributed by atoms with Crippen molar-refractivity contribution in [3.05, 3.63) is 16.4 Å². The van der Waals surface area contributed by atoms with Crippen LogP contribution < -0.4 is 5.73 Å². The molecule has 1 aliphatic heterocycles. The minimum absolute atomic E-state index is 0.477. The molecule has 0 spiro atoms. The number of nitrogens with zero attached hydrogens (tertiary/aromatic N) is 3. The minimum atomic E-state index is 0.477. The first-order valence-electron chi connectivity index (χ1n) is 7.18. The third-order valence-corrected chi connectivity index (χ3v) is 4.90. The Morgan fingerprint density at radius 1 is 1.47 bits per heavy atom. The Kier molecular flexibility index (Phi) is 4.87. The van der Waals surface area contributed by atoms with Gasteiger partial charge < -0.3 is 5.73 Å². The highest BCUT2D eigenvalue weighted by atomic mass is 35.5. The summed E-state index contributed by atoms with van der Waals surface area (Å²) in [5.74, 6) is 0.827. The zero-order chi connectivity index (χ0) is 14.0. The highest BCUT2D eigenvalue weighted by molar-refractivity contribution is 6.31. The molecule has 0 amide bonds. The zero-order valence-corrected chi connectivity index (χ0v) is 13.0. The molecule has 0 radical (unpaired) electrons. The summed E-state index contributed by atoms with van der Waals surface area (Å²) in [5.41, 5.74) is 7.96. The van der Waals surface area contributed by atoms with Gasteiger partial charge in [0, 0.05) is 26.2 Å². The topological polar surface area (TPSA) is 47.1 Å². The molecule has 19 heavy (non-hydrogen) atoms. The summed E-state index contributed by atoms with van der Waals surface area (Å²) >= 11 is 6.34. The number of hydrogen-bond donors (Lipinski definition) is 1. The first-order valence-corrected chi connectivity index (χ1v) is 7.56. The van der Waals surface area contributed by atoms with Crippen molar-refractivity contribution < 1.29 is 0 Å². The van der Waals surface area contributed by atoms with E-state index in [1.165, 1.54) is 19.3 Å². The van der Waals surface area contributed by atoms with Gasteiger partial charge in [-0.05, 0) is 32.2 Å². The number of halogens is 1. The molecule has 4 nitrogen and oxygen atoms in total. The van der Waals surface area contributed by atoms with Crippen molar-refractivity contribution in [3.63, 3.8) is 0 Å². The first-order chi connectivity index (χ1) is 9.06. The van der Waals surface area contributed by atoms with E-state index in [-0.39, 0.29) is 0 Å². The summed E-state index contributed by atoms with van der Waals surface area (Å²) in [6, 6.07) is 0.477. The van der Waals surface area contributed by atoms with Crippen molar-refractivity contribution >= 4 is 11.6 Å². The molecule has 2 rings (SSSR count). The molecule has 108 valence electrons. The molecule has 2 N–H and O–H groups in total. The van der Waals surface area contributed by atoms with Crippen molar-refractivity contribution in [2.24, 2.45) is 18.7 Å². The molecule has 1 aromatic rings. The van der Waals surface area contributed by atoms with Crippen LogP contribution in [-0.2, 0) is 13.6 Å². The van der Waals surface area contributed by atoms with Crippen LogP contribution in [0.3, 0.4) is 0 Å². The van der Waals surface area contributed by atoms with Crippen molar-refractivity contribution in [3.8, 4) is 0 Å². The molecule has 1 saturated heterocycles. The molecule has 2 heterocycles. The summed E-state index contributed by atoms with van der Waals surface area (Å²) < 4.78 is 1.90. The van der Waals surface area contributed by atoms with E-state index in [0.717, 1.165) is 42.0 Å². The lowest BCUT2D eigenvalue weighted by atomic mass is 9.89. The van der Waals surface area contributed by atoms with Gasteiger partial charge in [0.1, 0.15) is 0 Å². The lowest BCUT2D eigenvalue weighted by molar-refractivity contribution is 0.105. The standard InChI is InChI=1S/C14H25ClN4/c1-4-11-5-6-19(12(7-11)8-16)9-13-14(15)10(2)17-18(13)3/h11-12H,4-9,16H2,1-3H3. The van der Waals surface area contributed by atoms with Crippen LogP contribution in [0.15, 0.2) is 0 Å². The highest BCUT2D eigenvalue weighted by Crippen LogP contribution is 2.28. The van der Waals surface area contributed by atoms with Crippen LogP contribution in [0.2, 0.25) is 5.02 Å². The van der Waals surface area contributed by atoms with E-state index in [1.807, 2.05) is 18.7 Å². The van der Waals surface area contributed by atoms with E-state index < -0.39 is 0 Å². The summed E-state index contributed by atoms with van der Waals surface area (Å²) in [7, 11) is 1.96. The molecular formula is C14H25ClN4. The minimum Gasteiger partial charge on any atom is -0.329 e. The van der Waals surface area contributed by atoms with Crippen LogP contribution in [0, 0.1) is 12.8 Å². The largest absolute Gasteiger partial charge is 0.329 e. The van der Waals surface area contributed by atoms with E-state index in [1.54, 1.807) is 0 Å². The molecule has 1 fully saturated rings. The maximum Gasteiger partial charge on any atom is 0.0860 e. The van der Waals surface area contributed by atoms with Gasteiger partial charge in [0.15, 0.2) is 0 Å².